The minimum atomic E-state index is -0.842. The van der Waals surface area contributed by atoms with Crippen LogP contribution in [0.25, 0.3) is 0 Å². The lowest BCUT2D eigenvalue weighted by atomic mass is 10.3. The lowest BCUT2D eigenvalue weighted by Gasteiger charge is -2.12. The Morgan fingerprint density at radius 3 is 2.87 bits per heavy atom. The van der Waals surface area contributed by atoms with E-state index in [9.17, 15) is 4.79 Å². The monoisotopic (exact) mass is 211 g/mol. The Bertz CT molecular complexity index is 322. The number of carboxylic acid groups (broad SMARTS) is 1. The van der Waals surface area contributed by atoms with Crippen LogP contribution >= 0.6 is 0 Å². The van der Waals surface area contributed by atoms with Crippen LogP contribution in [0.4, 0.5) is 0 Å². The number of aromatic nitrogens is 2. The molecular weight excluding hydrogens is 194 g/mol. The molecule has 1 heterocycles. The van der Waals surface area contributed by atoms with Gasteiger partial charge in [-0.05, 0) is 18.5 Å². The smallest absolute Gasteiger partial charge is 0.322 e. The van der Waals surface area contributed by atoms with E-state index in [1.165, 1.54) is 0 Å². The highest BCUT2D eigenvalue weighted by molar-refractivity contribution is 5.73. The van der Waals surface area contributed by atoms with Gasteiger partial charge in [-0.15, -0.1) is 0 Å². The molecule has 0 bridgehead atoms. The third kappa shape index (κ3) is 3.36. The summed E-state index contributed by atoms with van der Waals surface area (Å²) in [4.78, 5) is 10.9. The van der Waals surface area contributed by atoms with Crippen molar-refractivity contribution in [2.45, 2.75) is 32.9 Å². The van der Waals surface area contributed by atoms with Crippen molar-refractivity contribution in [3.63, 3.8) is 0 Å². The molecule has 0 aromatic carbocycles. The van der Waals surface area contributed by atoms with Crippen molar-refractivity contribution in [3.8, 4) is 0 Å². The van der Waals surface area contributed by atoms with Crippen LogP contribution in [0.1, 0.15) is 19.4 Å². The minimum Gasteiger partial charge on any atom is -0.480 e. The van der Waals surface area contributed by atoms with Crippen LogP contribution in [0.15, 0.2) is 12.4 Å². The van der Waals surface area contributed by atoms with Gasteiger partial charge in [0, 0.05) is 6.20 Å². The third-order valence-electron chi connectivity index (χ3n) is 2.21. The van der Waals surface area contributed by atoms with Crippen LogP contribution in [-0.2, 0) is 17.8 Å². The average Bonchev–Trinajstić information content (AvgIpc) is 2.65. The number of carbonyl (C=O) groups is 1. The number of aliphatic carboxylic acids is 1. The number of hydrogen-bond acceptors (Lipinski definition) is 3. The van der Waals surface area contributed by atoms with Crippen molar-refractivity contribution in [2.24, 2.45) is 0 Å². The lowest BCUT2D eigenvalue weighted by molar-refractivity contribution is -0.139. The number of hydrogen-bond donors (Lipinski definition) is 2. The van der Waals surface area contributed by atoms with Crippen molar-refractivity contribution in [3.05, 3.63) is 18.0 Å². The van der Waals surface area contributed by atoms with Crippen molar-refractivity contribution in [1.82, 2.24) is 15.1 Å². The number of aryl methyl sites for hydroxylation is 1. The Kier molecular flexibility index (Phi) is 4.30. The quantitative estimate of drug-likeness (QED) is 0.719. The molecule has 0 saturated heterocycles. The molecule has 0 saturated carbocycles. The molecule has 1 aromatic rings. The van der Waals surface area contributed by atoms with Gasteiger partial charge < -0.3 is 10.4 Å². The van der Waals surface area contributed by atoms with E-state index in [1.807, 2.05) is 20.0 Å². The van der Waals surface area contributed by atoms with E-state index in [4.69, 9.17) is 5.11 Å². The van der Waals surface area contributed by atoms with E-state index in [0.29, 0.717) is 13.1 Å². The highest BCUT2D eigenvalue weighted by atomic mass is 16.4. The van der Waals surface area contributed by atoms with Crippen molar-refractivity contribution in [1.29, 1.82) is 0 Å². The van der Waals surface area contributed by atoms with Crippen LogP contribution in [-0.4, -0.2) is 33.4 Å². The molecule has 0 aliphatic carbocycles. The first kappa shape index (κ1) is 11.7. The average molecular weight is 211 g/mol. The van der Waals surface area contributed by atoms with Crippen LogP contribution in [0.2, 0.25) is 0 Å². The summed E-state index contributed by atoms with van der Waals surface area (Å²) in [5, 5.41) is 15.9. The van der Waals surface area contributed by atoms with Gasteiger partial charge >= 0.3 is 5.97 Å². The molecule has 84 valence electrons. The van der Waals surface area contributed by atoms with Gasteiger partial charge in [0.2, 0.25) is 0 Å². The normalized spacial score (nSPS) is 12.7. The highest BCUT2D eigenvalue weighted by Gasteiger charge is 2.16. The molecule has 0 spiro atoms. The molecule has 0 aliphatic heterocycles. The number of carboxylic acids is 1. The van der Waals surface area contributed by atoms with Gasteiger partial charge in [-0.25, -0.2) is 0 Å². The largest absolute Gasteiger partial charge is 0.480 e. The molecule has 0 radical (unpaired) electrons. The van der Waals surface area contributed by atoms with Crippen LogP contribution in [0.5, 0.6) is 0 Å². The van der Waals surface area contributed by atoms with Gasteiger partial charge in [-0.2, -0.15) is 5.10 Å². The molecule has 2 N–H and O–H groups in total. The van der Waals surface area contributed by atoms with E-state index in [1.54, 1.807) is 10.9 Å². The molecule has 5 nitrogen and oxygen atoms in total. The predicted molar refractivity (Wildman–Crippen MR) is 56.7 cm³/mol. The summed E-state index contributed by atoms with van der Waals surface area (Å²) in [6, 6.07) is -0.570. The minimum absolute atomic E-state index is 0.364. The van der Waals surface area contributed by atoms with Crippen LogP contribution in [0, 0.1) is 0 Å². The number of rotatable bonds is 6. The summed E-state index contributed by atoms with van der Waals surface area (Å²) in [5.41, 5.74) is 1.12. The second-order valence-corrected chi connectivity index (χ2v) is 3.37. The number of likely N-dealkylation sites (N-methyl/N-ethyl adjacent to an activating group) is 1. The Morgan fingerprint density at radius 2 is 2.40 bits per heavy atom. The van der Waals surface area contributed by atoms with Crippen molar-refractivity contribution >= 4 is 5.97 Å². The Morgan fingerprint density at radius 1 is 1.67 bits per heavy atom. The van der Waals surface area contributed by atoms with Crippen molar-refractivity contribution < 1.29 is 9.90 Å². The number of nitrogens with zero attached hydrogens (tertiary/aromatic N) is 2. The topological polar surface area (TPSA) is 67.2 Å². The van der Waals surface area contributed by atoms with Gasteiger partial charge in [0.05, 0.1) is 12.7 Å². The Labute approximate surface area is 89.1 Å². The first-order valence-electron chi connectivity index (χ1n) is 5.14. The SMILES string of the molecule is CCNC(Cn1cc(CC)cn1)C(=O)O. The van der Waals surface area contributed by atoms with Crippen molar-refractivity contribution in [2.75, 3.05) is 6.54 Å². The highest BCUT2D eigenvalue weighted by Crippen LogP contribution is 1.99. The molecule has 1 atom stereocenters. The molecule has 0 aliphatic rings. The zero-order valence-electron chi connectivity index (χ0n) is 9.10. The van der Waals surface area contributed by atoms with Gasteiger partial charge in [-0.3, -0.25) is 9.48 Å². The van der Waals surface area contributed by atoms with E-state index < -0.39 is 12.0 Å². The van der Waals surface area contributed by atoms with Crippen LogP contribution in [0.3, 0.4) is 0 Å². The zero-order valence-corrected chi connectivity index (χ0v) is 9.10. The Balaban J connectivity index is 2.61. The molecule has 1 rings (SSSR count). The molecule has 0 amide bonds. The summed E-state index contributed by atoms with van der Waals surface area (Å²) in [6.07, 6.45) is 4.57. The molecule has 15 heavy (non-hydrogen) atoms. The van der Waals surface area contributed by atoms with Gasteiger partial charge in [0.1, 0.15) is 6.04 Å². The van der Waals surface area contributed by atoms with Gasteiger partial charge in [0.15, 0.2) is 0 Å². The van der Waals surface area contributed by atoms with E-state index in [-0.39, 0.29) is 0 Å². The lowest BCUT2D eigenvalue weighted by Crippen LogP contribution is -2.40. The fourth-order valence-electron chi connectivity index (χ4n) is 1.35. The maximum absolute atomic E-state index is 10.9. The summed E-state index contributed by atoms with van der Waals surface area (Å²) < 4.78 is 1.67. The van der Waals surface area contributed by atoms with Gasteiger partial charge in [0.25, 0.3) is 0 Å². The summed E-state index contributed by atoms with van der Waals surface area (Å²) in [6.45, 7) is 4.93. The standard InChI is InChI=1S/C10H17N3O2/c1-3-8-5-12-13(6-8)7-9(10(14)15)11-4-2/h5-6,9,11H,3-4,7H2,1-2H3,(H,14,15). The summed E-state index contributed by atoms with van der Waals surface area (Å²) in [5.74, 6) is -0.842. The molecule has 1 unspecified atom stereocenters. The summed E-state index contributed by atoms with van der Waals surface area (Å²) >= 11 is 0. The Hall–Kier alpha value is -1.36. The van der Waals surface area contributed by atoms with E-state index >= 15 is 0 Å². The fourth-order valence-corrected chi connectivity index (χ4v) is 1.35. The maximum Gasteiger partial charge on any atom is 0.322 e. The van der Waals surface area contributed by atoms with E-state index in [0.717, 1.165) is 12.0 Å². The summed E-state index contributed by atoms with van der Waals surface area (Å²) in [7, 11) is 0. The predicted octanol–water partition coefficient (Wildman–Crippen LogP) is 0.508. The second kappa shape index (κ2) is 5.50. The molecule has 5 heteroatoms. The molecule has 1 aromatic heterocycles. The second-order valence-electron chi connectivity index (χ2n) is 3.37. The maximum atomic E-state index is 10.9. The van der Waals surface area contributed by atoms with Crippen LogP contribution < -0.4 is 5.32 Å². The first-order valence-corrected chi connectivity index (χ1v) is 5.14. The third-order valence-corrected chi connectivity index (χ3v) is 2.21. The molecular formula is C10H17N3O2. The van der Waals surface area contributed by atoms with Gasteiger partial charge in [-0.1, -0.05) is 13.8 Å². The molecule has 0 fully saturated rings. The van der Waals surface area contributed by atoms with E-state index in [2.05, 4.69) is 10.4 Å². The number of nitrogens with one attached hydrogen (secondary N) is 1. The fraction of sp³-hybridized carbons (Fsp3) is 0.600. The first-order chi connectivity index (χ1) is 7.17. The zero-order chi connectivity index (χ0) is 11.3.